The number of aromatic amines is 1. The van der Waals surface area contributed by atoms with Gasteiger partial charge in [0.15, 0.2) is 0 Å². The van der Waals surface area contributed by atoms with Gasteiger partial charge in [-0.05, 0) is 78.2 Å². The molecule has 38 heavy (non-hydrogen) atoms. The van der Waals surface area contributed by atoms with E-state index in [1.165, 1.54) is 12.1 Å². The summed E-state index contributed by atoms with van der Waals surface area (Å²) in [6.45, 7) is 1.90. The van der Waals surface area contributed by atoms with Gasteiger partial charge in [0.1, 0.15) is 17.2 Å². The van der Waals surface area contributed by atoms with Gasteiger partial charge in [-0.1, -0.05) is 24.3 Å². The highest BCUT2D eigenvalue weighted by molar-refractivity contribution is 6.04. The molecule has 0 spiro atoms. The number of anilines is 3. The van der Waals surface area contributed by atoms with Crippen LogP contribution in [-0.4, -0.2) is 23.0 Å². The molecular weight excluding hydrogens is 493 g/mol. The number of alkyl halides is 3. The summed E-state index contributed by atoms with van der Waals surface area (Å²) in [6, 6.07) is 21.1. The number of amides is 1. The van der Waals surface area contributed by atoms with Gasteiger partial charge in [0, 0.05) is 28.5 Å². The minimum absolute atomic E-state index is 0.0853. The second-order valence-corrected chi connectivity index (χ2v) is 8.71. The number of nitrogens with zero attached hydrogens (tertiary/aromatic N) is 1. The molecule has 0 aliphatic rings. The number of fused-ring (bicyclic) bond motifs is 1. The highest BCUT2D eigenvalue weighted by Crippen LogP contribution is 2.33. The van der Waals surface area contributed by atoms with Crippen LogP contribution in [0.4, 0.5) is 30.4 Å². The lowest BCUT2D eigenvalue weighted by Crippen LogP contribution is -2.14. The topological polar surface area (TPSA) is 79.0 Å². The Morgan fingerprint density at radius 3 is 2.50 bits per heavy atom. The van der Waals surface area contributed by atoms with E-state index in [1.54, 1.807) is 19.2 Å². The number of halogens is 3. The zero-order valence-electron chi connectivity index (χ0n) is 20.5. The fraction of sp³-hybridized carbons (Fsp3) is 0.103. The van der Waals surface area contributed by atoms with Crippen molar-refractivity contribution in [2.75, 3.05) is 17.7 Å². The molecular formula is C29H23F3N4O2. The summed E-state index contributed by atoms with van der Waals surface area (Å²) in [6.07, 6.45) is -2.71. The predicted molar refractivity (Wildman–Crippen MR) is 142 cm³/mol. The van der Waals surface area contributed by atoms with Gasteiger partial charge in [-0.15, -0.1) is 0 Å². The second kappa shape index (κ2) is 9.93. The number of aromatic nitrogens is 2. The Morgan fingerprint density at radius 2 is 1.76 bits per heavy atom. The Hall–Kier alpha value is -4.79. The first kappa shape index (κ1) is 24.9. The third kappa shape index (κ3) is 5.17. The Balaban J connectivity index is 1.42. The van der Waals surface area contributed by atoms with Crippen molar-refractivity contribution in [2.45, 2.75) is 13.1 Å². The minimum atomic E-state index is -4.53. The van der Waals surface area contributed by atoms with E-state index in [2.05, 4.69) is 20.6 Å². The Morgan fingerprint density at radius 1 is 0.974 bits per heavy atom. The monoisotopic (exact) mass is 516 g/mol. The molecule has 192 valence electrons. The van der Waals surface area contributed by atoms with E-state index >= 15 is 0 Å². The molecule has 2 heterocycles. The van der Waals surface area contributed by atoms with Gasteiger partial charge in [-0.25, -0.2) is 4.98 Å². The van der Waals surface area contributed by atoms with Gasteiger partial charge in [0.25, 0.3) is 5.91 Å². The number of ether oxygens (including phenoxy) is 1. The third-order valence-corrected chi connectivity index (χ3v) is 6.14. The summed E-state index contributed by atoms with van der Waals surface area (Å²) in [5.41, 5.74) is 3.69. The van der Waals surface area contributed by atoms with Crippen molar-refractivity contribution >= 4 is 34.1 Å². The molecule has 9 heteroatoms. The van der Waals surface area contributed by atoms with E-state index in [-0.39, 0.29) is 5.56 Å². The van der Waals surface area contributed by atoms with Crippen molar-refractivity contribution in [3.63, 3.8) is 0 Å². The van der Waals surface area contributed by atoms with Crippen LogP contribution in [-0.2, 0) is 6.18 Å². The number of carbonyl (C=O) groups is 1. The highest BCUT2D eigenvalue weighted by atomic mass is 19.4. The van der Waals surface area contributed by atoms with E-state index in [9.17, 15) is 18.0 Å². The average Bonchev–Trinajstić information content (AvgIpc) is 3.38. The zero-order valence-corrected chi connectivity index (χ0v) is 20.5. The fourth-order valence-corrected chi connectivity index (χ4v) is 4.12. The number of H-pyrrole nitrogens is 1. The molecule has 0 radical (unpaired) electrons. The van der Waals surface area contributed by atoms with Crippen LogP contribution in [0.3, 0.4) is 0 Å². The van der Waals surface area contributed by atoms with Crippen molar-refractivity contribution in [2.24, 2.45) is 0 Å². The number of carbonyl (C=O) groups excluding carboxylic acids is 1. The quantitative estimate of drug-likeness (QED) is 0.218. The molecule has 3 N–H and O–H groups in total. The van der Waals surface area contributed by atoms with Gasteiger partial charge >= 0.3 is 6.18 Å². The maximum Gasteiger partial charge on any atom is 0.416 e. The van der Waals surface area contributed by atoms with Gasteiger partial charge in [0.05, 0.1) is 12.7 Å². The first-order valence-corrected chi connectivity index (χ1v) is 11.7. The number of rotatable bonds is 6. The van der Waals surface area contributed by atoms with Crippen LogP contribution in [0.25, 0.3) is 22.2 Å². The number of hydrogen-bond donors (Lipinski definition) is 3. The Bertz CT molecular complexity index is 1630. The number of hydrogen-bond acceptors (Lipinski definition) is 4. The molecule has 0 unspecified atom stereocenters. The van der Waals surface area contributed by atoms with E-state index < -0.39 is 17.6 Å². The number of pyridine rings is 1. The minimum Gasteiger partial charge on any atom is -0.497 e. The van der Waals surface area contributed by atoms with E-state index in [4.69, 9.17) is 4.74 Å². The number of methoxy groups -OCH3 is 1. The van der Waals surface area contributed by atoms with Crippen LogP contribution in [0.15, 0.2) is 85.1 Å². The maximum absolute atomic E-state index is 13.1. The Labute approximate surface area is 216 Å². The zero-order chi connectivity index (χ0) is 26.9. The molecule has 0 bridgehead atoms. The smallest absolute Gasteiger partial charge is 0.416 e. The molecule has 0 aliphatic heterocycles. The second-order valence-electron chi connectivity index (χ2n) is 8.71. The third-order valence-electron chi connectivity index (χ3n) is 6.14. The summed E-state index contributed by atoms with van der Waals surface area (Å²) in [5.74, 6) is 0.694. The first-order chi connectivity index (χ1) is 18.2. The van der Waals surface area contributed by atoms with Crippen LogP contribution in [0.1, 0.15) is 21.5 Å². The largest absolute Gasteiger partial charge is 0.497 e. The summed E-state index contributed by atoms with van der Waals surface area (Å²) >= 11 is 0. The van der Waals surface area contributed by atoms with Crippen LogP contribution in [0.2, 0.25) is 0 Å². The van der Waals surface area contributed by atoms with E-state index in [0.717, 1.165) is 40.0 Å². The molecule has 0 fully saturated rings. The summed E-state index contributed by atoms with van der Waals surface area (Å²) in [7, 11) is 1.62. The van der Waals surface area contributed by atoms with Gasteiger partial charge in [0.2, 0.25) is 0 Å². The van der Waals surface area contributed by atoms with E-state index in [0.29, 0.717) is 22.8 Å². The van der Waals surface area contributed by atoms with Gasteiger partial charge in [-0.2, -0.15) is 13.2 Å². The highest BCUT2D eigenvalue weighted by Gasteiger charge is 2.30. The first-order valence-electron chi connectivity index (χ1n) is 11.7. The normalized spacial score (nSPS) is 11.4. The average molecular weight is 517 g/mol. The Kier molecular flexibility index (Phi) is 6.50. The van der Waals surface area contributed by atoms with Crippen molar-refractivity contribution in [1.29, 1.82) is 0 Å². The summed E-state index contributed by atoms with van der Waals surface area (Å²) in [4.78, 5) is 20.5. The van der Waals surface area contributed by atoms with E-state index in [1.807, 2.05) is 55.6 Å². The fourth-order valence-electron chi connectivity index (χ4n) is 4.12. The van der Waals surface area contributed by atoms with Crippen LogP contribution < -0.4 is 15.4 Å². The molecule has 5 aromatic rings. The molecule has 1 amide bonds. The lowest BCUT2D eigenvalue weighted by molar-refractivity contribution is -0.137. The molecule has 0 saturated heterocycles. The molecule has 5 rings (SSSR count). The van der Waals surface area contributed by atoms with Crippen LogP contribution in [0, 0.1) is 6.92 Å². The molecule has 2 aromatic heterocycles. The molecule has 0 saturated carbocycles. The van der Waals surface area contributed by atoms with Crippen LogP contribution in [0.5, 0.6) is 5.75 Å². The lowest BCUT2D eigenvalue weighted by Gasteiger charge is -2.14. The predicted octanol–water partition coefficient (Wildman–Crippen LogP) is 7.56. The molecule has 3 aromatic carbocycles. The lowest BCUT2D eigenvalue weighted by atomic mass is 10.0. The number of nitrogens with one attached hydrogen (secondary N) is 3. The van der Waals surface area contributed by atoms with Crippen molar-refractivity contribution in [1.82, 2.24) is 9.97 Å². The van der Waals surface area contributed by atoms with Gasteiger partial charge in [-0.3, -0.25) is 4.79 Å². The van der Waals surface area contributed by atoms with Crippen LogP contribution >= 0.6 is 0 Å². The molecule has 0 aliphatic carbocycles. The van der Waals surface area contributed by atoms with Crippen molar-refractivity contribution in [3.8, 4) is 16.9 Å². The standard InChI is InChI=1S/C29H23F3N4O2/c1-17-6-9-21(34-28(37)19-4-3-5-20(14-19)29(30,31)32)15-25(17)35-26-16-24(23-12-13-33-27(23)36-26)18-7-10-22(38-2)11-8-18/h3-16H,1-2H3,(H,34,37)(H2,33,35,36). The van der Waals surface area contributed by atoms with Crippen molar-refractivity contribution in [3.05, 3.63) is 102 Å². The molecule has 0 atom stereocenters. The number of aryl methyl sites for hydroxylation is 1. The van der Waals surface area contributed by atoms with Crippen molar-refractivity contribution < 1.29 is 22.7 Å². The molecule has 6 nitrogen and oxygen atoms in total. The SMILES string of the molecule is COc1ccc(-c2cc(Nc3cc(NC(=O)c4cccc(C(F)(F)F)c4)ccc3C)nc3[nH]ccc23)cc1. The number of benzene rings is 3. The summed E-state index contributed by atoms with van der Waals surface area (Å²) in [5, 5.41) is 6.95. The van der Waals surface area contributed by atoms with Gasteiger partial charge < -0.3 is 20.4 Å². The summed E-state index contributed by atoms with van der Waals surface area (Å²) < 4.78 is 44.4. The maximum atomic E-state index is 13.1.